The maximum Gasteiger partial charge on any atom is 0.255 e. The van der Waals surface area contributed by atoms with Gasteiger partial charge in [0.1, 0.15) is 22.8 Å². The van der Waals surface area contributed by atoms with Crippen molar-refractivity contribution in [2.24, 2.45) is 17.6 Å². The average Bonchev–Trinajstić information content (AvgIpc) is 2.86. The molecule has 0 unspecified atom stereocenters. The predicted molar refractivity (Wildman–Crippen MR) is 146 cm³/mol. The molecule has 11 nitrogen and oxygen atoms in total. The molecule has 216 valence electrons. The van der Waals surface area contributed by atoms with Gasteiger partial charge in [0.25, 0.3) is 5.91 Å². The van der Waals surface area contributed by atoms with Crippen LogP contribution in [0.15, 0.2) is 29.0 Å². The monoisotopic (exact) mass is 555 g/mol. The van der Waals surface area contributed by atoms with Crippen molar-refractivity contribution in [3.05, 3.63) is 45.7 Å². The Kier molecular flexibility index (Phi) is 7.70. The third-order valence-electron chi connectivity index (χ3n) is 8.72. The van der Waals surface area contributed by atoms with Crippen molar-refractivity contribution >= 4 is 29.0 Å². The molecule has 1 amide bonds. The Labute approximate surface area is 232 Å². The summed E-state index contributed by atoms with van der Waals surface area (Å²) < 4.78 is 0. The Morgan fingerprint density at radius 1 is 1.10 bits per heavy atom. The molecule has 3 aliphatic carbocycles. The molecule has 0 bridgehead atoms. The molecule has 1 saturated heterocycles. The smallest absolute Gasteiger partial charge is 0.255 e. The van der Waals surface area contributed by atoms with Crippen LogP contribution in [0, 0.1) is 11.8 Å². The predicted octanol–water partition coefficient (Wildman–Crippen LogP) is 1.27. The van der Waals surface area contributed by atoms with Gasteiger partial charge in [-0.1, -0.05) is 13.8 Å². The number of primary amides is 1. The molecule has 4 atom stereocenters. The summed E-state index contributed by atoms with van der Waals surface area (Å²) in [5.74, 6) is -7.31. The summed E-state index contributed by atoms with van der Waals surface area (Å²) in [6, 6.07) is 1.64. The number of Topliss-reactive ketones (excluding diaryl/α,β-unsaturated/α-hetero) is 3. The third kappa shape index (κ3) is 4.23. The van der Waals surface area contributed by atoms with Crippen LogP contribution in [0.5, 0.6) is 5.75 Å². The first kappa shape index (κ1) is 29.4. The van der Waals surface area contributed by atoms with Gasteiger partial charge < -0.3 is 26.2 Å². The Morgan fingerprint density at radius 2 is 1.75 bits per heavy atom. The number of aromatic hydroxyl groups is 1. The van der Waals surface area contributed by atoms with E-state index in [4.69, 9.17) is 5.73 Å². The van der Waals surface area contributed by atoms with Crippen molar-refractivity contribution in [3.63, 3.8) is 0 Å². The molecule has 4 aliphatic rings. The summed E-state index contributed by atoms with van der Waals surface area (Å²) in [4.78, 5) is 56.0. The molecule has 0 spiro atoms. The van der Waals surface area contributed by atoms with E-state index in [0.29, 0.717) is 11.1 Å². The van der Waals surface area contributed by atoms with Crippen molar-refractivity contribution < 1.29 is 39.6 Å². The van der Waals surface area contributed by atoms with E-state index in [1.54, 1.807) is 14.1 Å². The molecule has 0 aromatic heterocycles. The van der Waals surface area contributed by atoms with Gasteiger partial charge in [0.15, 0.2) is 17.2 Å². The summed E-state index contributed by atoms with van der Waals surface area (Å²) in [5, 5.41) is 44.6. The zero-order chi connectivity index (χ0) is 28.4. The molecule has 1 saturated carbocycles. The number of aliphatic hydroxyl groups excluding tert-OH is 2. The number of amides is 1. The number of phenolic OH excluding ortho intramolecular Hbond substituents is 1. The number of likely N-dealkylation sites (N-methyl/N-ethyl adjacent to an activating group) is 1. The number of rotatable bonds is 5. The van der Waals surface area contributed by atoms with Crippen LogP contribution in [0.2, 0.25) is 0 Å². The van der Waals surface area contributed by atoms with E-state index >= 15 is 0 Å². The maximum absolute atomic E-state index is 13.9. The zero-order valence-corrected chi connectivity index (χ0v) is 21.9. The molecule has 2 fully saturated rings. The topological polar surface area (TPSA) is 182 Å². The lowest BCUT2D eigenvalue weighted by molar-refractivity contribution is -0.153. The minimum atomic E-state index is -2.69. The number of phenols is 1. The molecule has 5 rings (SSSR count). The molecule has 0 radical (unpaired) electrons. The van der Waals surface area contributed by atoms with Gasteiger partial charge in [0.2, 0.25) is 5.78 Å². The lowest BCUT2D eigenvalue weighted by atomic mass is 9.57. The average molecular weight is 556 g/mol. The standard InChI is InChI=1S/C28H33N3O8.CH4/c1-30(2)22-16-11-13-10-15-14(18(33)12-31-8-4-3-5-9-31)6-7-17(32)20(15)23(34)19(13)25(36)28(16,39)26(37)21(24(22)35)27(29)38;/h6-7,13,16,22,32,34,37,39H,3-5,8-12H2,1-2H3,(H2,29,38);1H4/t13-,16-,22-,28-;/m0./s1. The number of hydrogen-bond donors (Lipinski definition) is 5. The first-order valence-electron chi connectivity index (χ1n) is 13.1. The van der Waals surface area contributed by atoms with E-state index < -0.39 is 58.0 Å². The number of nitrogens with two attached hydrogens (primary N) is 1. The molecular formula is C29H37N3O8. The Morgan fingerprint density at radius 3 is 2.35 bits per heavy atom. The van der Waals surface area contributed by atoms with Crippen molar-refractivity contribution in [1.29, 1.82) is 0 Å². The lowest BCUT2D eigenvalue weighted by Gasteiger charge is -2.50. The second-order valence-electron chi connectivity index (χ2n) is 11.2. The van der Waals surface area contributed by atoms with E-state index in [1.165, 1.54) is 17.0 Å². The van der Waals surface area contributed by atoms with Crippen LogP contribution in [0.4, 0.5) is 0 Å². The first-order valence-corrected chi connectivity index (χ1v) is 13.1. The second kappa shape index (κ2) is 10.5. The number of likely N-dealkylation sites (tertiary alicyclic amines) is 1. The van der Waals surface area contributed by atoms with Gasteiger partial charge >= 0.3 is 0 Å². The summed E-state index contributed by atoms with van der Waals surface area (Å²) in [7, 11) is 3.09. The fraction of sp³-hybridized carbons (Fsp3) is 0.517. The van der Waals surface area contributed by atoms with Gasteiger partial charge in [-0.3, -0.25) is 29.0 Å². The minimum Gasteiger partial charge on any atom is -0.508 e. The summed E-state index contributed by atoms with van der Waals surface area (Å²) in [5.41, 5.74) is 2.20. The van der Waals surface area contributed by atoms with Gasteiger partial charge in [-0.2, -0.15) is 0 Å². The zero-order valence-electron chi connectivity index (χ0n) is 21.9. The molecular weight excluding hydrogens is 518 g/mol. The molecule has 40 heavy (non-hydrogen) atoms. The van der Waals surface area contributed by atoms with E-state index in [1.807, 2.05) is 0 Å². The van der Waals surface area contributed by atoms with Crippen LogP contribution >= 0.6 is 0 Å². The van der Waals surface area contributed by atoms with E-state index in [9.17, 15) is 39.6 Å². The number of benzene rings is 1. The number of hydrogen-bond acceptors (Lipinski definition) is 10. The SMILES string of the molecule is C.CN(C)[C@@H]1C(=O)C(C(N)=O)=C(O)[C@@]2(O)C(=O)C3=C(O)c4c(O)ccc(C(=O)CN5CCCCC5)c4C[C@H]3C[C@@H]12. The van der Waals surface area contributed by atoms with Gasteiger partial charge in [0, 0.05) is 17.1 Å². The highest BCUT2D eigenvalue weighted by Crippen LogP contribution is 2.53. The molecule has 1 aliphatic heterocycles. The van der Waals surface area contributed by atoms with E-state index in [0.717, 1.165) is 32.4 Å². The van der Waals surface area contributed by atoms with Gasteiger partial charge in [-0.15, -0.1) is 0 Å². The highest BCUT2D eigenvalue weighted by molar-refractivity contribution is 6.24. The number of fused-ring (bicyclic) bond motifs is 3. The van der Waals surface area contributed by atoms with Gasteiger partial charge in [0.05, 0.1) is 18.2 Å². The Bertz CT molecular complexity index is 1360. The number of carbonyl (C=O) groups is 4. The molecule has 11 heteroatoms. The van der Waals surface area contributed by atoms with Crippen molar-refractivity contribution in [1.82, 2.24) is 9.80 Å². The van der Waals surface area contributed by atoms with Crippen LogP contribution in [-0.4, -0.2) is 98.9 Å². The van der Waals surface area contributed by atoms with E-state index in [-0.39, 0.29) is 49.5 Å². The normalized spacial score (nSPS) is 28.6. The van der Waals surface area contributed by atoms with Crippen molar-refractivity contribution in [3.8, 4) is 5.75 Å². The van der Waals surface area contributed by atoms with Crippen LogP contribution in [0.3, 0.4) is 0 Å². The van der Waals surface area contributed by atoms with Crippen molar-refractivity contribution in [2.75, 3.05) is 33.7 Å². The summed E-state index contributed by atoms with van der Waals surface area (Å²) in [6.45, 7) is 1.80. The van der Waals surface area contributed by atoms with E-state index in [2.05, 4.69) is 4.90 Å². The summed E-state index contributed by atoms with van der Waals surface area (Å²) >= 11 is 0. The largest absolute Gasteiger partial charge is 0.508 e. The first-order chi connectivity index (χ1) is 18.4. The Balaban J connectivity index is 0.00000370. The minimum absolute atomic E-state index is 0. The molecule has 6 N–H and O–H groups in total. The van der Waals surface area contributed by atoms with Gasteiger partial charge in [-0.05, 0) is 76.5 Å². The fourth-order valence-electron chi connectivity index (χ4n) is 6.91. The highest BCUT2D eigenvalue weighted by atomic mass is 16.3. The number of aliphatic hydroxyl groups is 3. The van der Waals surface area contributed by atoms with Crippen molar-refractivity contribution in [2.45, 2.75) is 51.2 Å². The van der Waals surface area contributed by atoms with Gasteiger partial charge in [-0.25, -0.2) is 0 Å². The Hall–Kier alpha value is -3.54. The number of carbonyl (C=O) groups excluding carboxylic acids is 4. The van der Waals surface area contributed by atoms with Crippen LogP contribution in [-0.2, 0) is 20.8 Å². The number of nitrogens with zero attached hydrogens (tertiary/aromatic N) is 2. The lowest BCUT2D eigenvalue weighted by Crippen LogP contribution is -2.65. The third-order valence-corrected chi connectivity index (χ3v) is 8.72. The maximum atomic E-state index is 13.9. The highest BCUT2D eigenvalue weighted by Gasteiger charge is 2.64. The van der Waals surface area contributed by atoms with Crippen LogP contribution in [0.1, 0.15) is 54.6 Å². The van der Waals surface area contributed by atoms with Crippen LogP contribution < -0.4 is 5.73 Å². The molecule has 1 aromatic rings. The quantitative estimate of drug-likeness (QED) is 0.262. The number of piperidine rings is 1. The fourth-order valence-corrected chi connectivity index (χ4v) is 6.91. The van der Waals surface area contributed by atoms with Crippen LogP contribution in [0.25, 0.3) is 5.76 Å². The molecule has 1 aromatic carbocycles. The second-order valence-corrected chi connectivity index (χ2v) is 11.2. The number of ketones is 3. The molecule has 1 heterocycles. The summed E-state index contributed by atoms with van der Waals surface area (Å²) in [6.07, 6.45) is 3.19.